The number of aryl methyl sites for hydroxylation is 2. The minimum absolute atomic E-state index is 0.0339. The predicted octanol–water partition coefficient (Wildman–Crippen LogP) is 1.95. The lowest BCUT2D eigenvalue weighted by Gasteiger charge is -2.25. The molecule has 0 N–H and O–H groups in total. The molecule has 0 saturated carbocycles. The first kappa shape index (κ1) is 15.6. The average molecular weight is 336 g/mol. The molecule has 0 bridgehead atoms. The SMILES string of the molecule is Cc1c2n(c3c(C)nn(Cc4ccccc4)c(=O)c13)CCN(C)C2=O. The molecular weight excluding hydrogens is 316 g/mol. The minimum Gasteiger partial charge on any atom is -0.339 e. The standard InChI is InChI=1S/C19H20N4O2/c1-12-15-17(22-10-9-21(3)19(25)16(12)22)13(2)20-23(18(15)24)11-14-7-5-4-6-8-14/h4-8H,9-11H2,1-3H3. The summed E-state index contributed by atoms with van der Waals surface area (Å²) in [7, 11) is 1.79. The van der Waals surface area contributed by atoms with Crippen LogP contribution < -0.4 is 5.56 Å². The molecule has 0 fully saturated rings. The summed E-state index contributed by atoms with van der Waals surface area (Å²) in [5.74, 6) is -0.0339. The first-order valence-corrected chi connectivity index (χ1v) is 8.39. The molecule has 6 nitrogen and oxygen atoms in total. The Bertz CT molecular complexity index is 1050. The second-order valence-electron chi connectivity index (χ2n) is 6.61. The van der Waals surface area contributed by atoms with E-state index >= 15 is 0 Å². The second-order valence-corrected chi connectivity index (χ2v) is 6.61. The lowest BCUT2D eigenvalue weighted by atomic mass is 10.1. The lowest BCUT2D eigenvalue weighted by Crippen LogP contribution is -2.37. The van der Waals surface area contributed by atoms with E-state index in [1.807, 2.05) is 48.7 Å². The Hall–Kier alpha value is -2.89. The topological polar surface area (TPSA) is 60.1 Å². The van der Waals surface area contributed by atoms with Gasteiger partial charge in [-0.25, -0.2) is 4.68 Å². The molecule has 4 rings (SSSR count). The number of fused-ring (bicyclic) bond motifs is 3. The quantitative estimate of drug-likeness (QED) is 0.719. The third kappa shape index (κ3) is 2.28. The lowest BCUT2D eigenvalue weighted by molar-refractivity contribution is 0.0750. The van der Waals surface area contributed by atoms with E-state index in [9.17, 15) is 9.59 Å². The van der Waals surface area contributed by atoms with E-state index in [2.05, 4.69) is 5.10 Å². The molecular formula is C19H20N4O2. The monoisotopic (exact) mass is 336 g/mol. The Labute approximate surface area is 145 Å². The molecule has 1 aromatic carbocycles. The third-order valence-electron chi connectivity index (χ3n) is 4.95. The number of carbonyl (C=O) groups is 1. The van der Waals surface area contributed by atoms with Crippen LogP contribution in [0.3, 0.4) is 0 Å². The Morgan fingerprint density at radius 3 is 2.52 bits per heavy atom. The van der Waals surface area contributed by atoms with E-state index in [1.54, 1.807) is 11.9 Å². The number of nitrogens with zero attached hydrogens (tertiary/aromatic N) is 4. The van der Waals surface area contributed by atoms with Gasteiger partial charge in [-0.1, -0.05) is 30.3 Å². The number of hydrogen-bond donors (Lipinski definition) is 0. The molecule has 0 spiro atoms. The molecule has 2 aromatic heterocycles. The number of carbonyl (C=O) groups excluding carboxylic acids is 1. The van der Waals surface area contributed by atoms with Crippen LogP contribution in [-0.4, -0.2) is 38.7 Å². The molecule has 1 amide bonds. The molecule has 0 unspecified atom stereocenters. The highest BCUT2D eigenvalue weighted by Gasteiger charge is 2.29. The fourth-order valence-electron chi connectivity index (χ4n) is 3.68. The van der Waals surface area contributed by atoms with Crippen LogP contribution in [0.2, 0.25) is 0 Å². The smallest absolute Gasteiger partial charge is 0.276 e. The number of aromatic nitrogens is 3. The van der Waals surface area contributed by atoms with Crippen LogP contribution in [0.25, 0.3) is 10.9 Å². The highest BCUT2D eigenvalue weighted by atomic mass is 16.2. The average Bonchev–Trinajstić information content (AvgIpc) is 2.91. The van der Waals surface area contributed by atoms with Gasteiger partial charge >= 0.3 is 0 Å². The van der Waals surface area contributed by atoms with Gasteiger partial charge in [-0.05, 0) is 25.0 Å². The van der Waals surface area contributed by atoms with Gasteiger partial charge in [-0.2, -0.15) is 5.10 Å². The van der Waals surface area contributed by atoms with Gasteiger partial charge in [0.2, 0.25) is 0 Å². The molecule has 3 aromatic rings. The molecule has 0 atom stereocenters. The van der Waals surface area contributed by atoms with Gasteiger partial charge in [0.05, 0.1) is 23.1 Å². The summed E-state index contributed by atoms with van der Waals surface area (Å²) in [6, 6.07) is 9.79. The number of benzene rings is 1. The molecule has 3 heterocycles. The molecule has 0 aliphatic carbocycles. The maximum absolute atomic E-state index is 13.1. The Morgan fingerprint density at radius 2 is 1.80 bits per heavy atom. The van der Waals surface area contributed by atoms with Crippen molar-refractivity contribution < 1.29 is 4.79 Å². The van der Waals surface area contributed by atoms with Crippen molar-refractivity contribution in [2.45, 2.75) is 26.9 Å². The van der Waals surface area contributed by atoms with E-state index in [-0.39, 0.29) is 11.5 Å². The van der Waals surface area contributed by atoms with Crippen LogP contribution in [0.5, 0.6) is 0 Å². The molecule has 1 aliphatic heterocycles. The van der Waals surface area contributed by atoms with Gasteiger partial charge < -0.3 is 9.47 Å². The number of hydrogen-bond acceptors (Lipinski definition) is 3. The summed E-state index contributed by atoms with van der Waals surface area (Å²) in [6.07, 6.45) is 0. The van der Waals surface area contributed by atoms with E-state index in [4.69, 9.17) is 0 Å². The molecule has 25 heavy (non-hydrogen) atoms. The van der Waals surface area contributed by atoms with E-state index in [0.717, 1.165) is 22.3 Å². The Morgan fingerprint density at radius 1 is 1.08 bits per heavy atom. The van der Waals surface area contributed by atoms with E-state index in [0.29, 0.717) is 30.7 Å². The second kappa shape index (κ2) is 5.58. The number of amides is 1. The summed E-state index contributed by atoms with van der Waals surface area (Å²) < 4.78 is 3.46. The summed E-state index contributed by atoms with van der Waals surface area (Å²) in [5.41, 5.74) is 3.82. The van der Waals surface area contributed by atoms with Crippen LogP contribution in [0.4, 0.5) is 0 Å². The van der Waals surface area contributed by atoms with Crippen molar-refractivity contribution >= 4 is 16.8 Å². The minimum atomic E-state index is -0.140. The van der Waals surface area contributed by atoms with Gasteiger partial charge in [0, 0.05) is 20.1 Å². The van der Waals surface area contributed by atoms with Gasteiger partial charge in [0.25, 0.3) is 11.5 Å². The predicted molar refractivity (Wildman–Crippen MR) is 96.0 cm³/mol. The van der Waals surface area contributed by atoms with Crippen LogP contribution in [0, 0.1) is 13.8 Å². The van der Waals surface area contributed by atoms with Crippen molar-refractivity contribution in [1.29, 1.82) is 0 Å². The maximum atomic E-state index is 13.1. The van der Waals surface area contributed by atoms with Crippen molar-refractivity contribution in [3.8, 4) is 0 Å². The fourth-order valence-corrected chi connectivity index (χ4v) is 3.68. The first-order valence-electron chi connectivity index (χ1n) is 8.39. The molecule has 1 aliphatic rings. The van der Waals surface area contributed by atoms with Gasteiger partial charge in [0.15, 0.2) is 0 Å². The van der Waals surface area contributed by atoms with Crippen LogP contribution >= 0.6 is 0 Å². The Kier molecular flexibility index (Phi) is 3.49. The van der Waals surface area contributed by atoms with Crippen molar-refractivity contribution in [3.05, 3.63) is 63.2 Å². The summed E-state index contributed by atoms with van der Waals surface area (Å²) in [4.78, 5) is 27.4. The van der Waals surface area contributed by atoms with Crippen LogP contribution in [0.1, 0.15) is 27.3 Å². The summed E-state index contributed by atoms with van der Waals surface area (Å²) in [6.45, 7) is 5.51. The molecule has 128 valence electrons. The van der Waals surface area contributed by atoms with Crippen LogP contribution in [0.15, 0.2) is 35.1 Å². The van der Waals surface area contributed by atoms with E-state index in [1.165, 1.54) is 4.68 Å². The van der Waals surface area contributed by atoms with Crippen molar-refractivity contribution in [2.24, 2.45) is 0 Å². The molecule has 0 radical (unpaired) electrons. The zero-order chi connectivity index (χ0) is 17.7. The van der Waals surface area contributed by atoms with Gasteiger partial charge in [0.1, 0.15) is 5.69 Å². The number of rotatable bonds is 2. The largest absolute Gasteiger partial charge is 0.339 e. The normalized spacial score (nSPS) is 14.2. The first-order chi connectivity index (χ1) is 12.0. The van der Waals surface area contributed by atoms with Crippen LogP contribution in [-0.2, 0) is 13.1 Å². The highest BCUT2D eigenvalue weighted by Crippen LogP contribution is 2.28. The van der Waals surface area contributed by atoms with Crippen molar-refractivity contribution in [2.75, 3.05) is 13.6 Å². The maximum Gasteiger partial charge on any atom is 0.276 e. The highest BCUT2D eigenvalue weighted by molar-refractivity contribution is 6.02. The number of likely N-dealkylation sites (N-methyl/N-ethyl adjacent to an activating group) is 1. The fraction of sp³-hybridized carbons (Fsp3) is 0.316. The summed E-state index contributed by atoms with van der Waals surface area (Å²) in [5, 5.41) is 5.13. The van der Waals surface area contributed by atoms with Gasteiger partial charge in [-0.3, -0.25) is 9.59 Å². The Balaban J connectivity index is 1.96. The van der Waals surface area contributed by atoms with Crippen molar-refractivity contribution in [1.82, 2.24) is 19.2 Å². The molecule has 0 saturated heterocycles. The third-order valence-corrected chi connectivity index (χ3v) is 4.95. The van der Waals surface area contributed by atoms with Crippen molar-refractivity contribution in [3.63, 3.8) is 0 Å². The zero-order valence-corrected chi connectivity index (χ0v) is 14.6. The van der Waals surface area contributed by atoms with Gasteiger partial charge in [-0.15, -0.1) is 0 Å². The van der Waals surface area contributed by atoms with E-state index < -0.39 is 0 Å². The summed E-state index contributed by atoms with van der Waals surface area (Å²) >= 11 is 0. The molecule has 6 heteroatoms. The zero-order valence-electron chi connectivity index (χ0n) is 14.6.